The van der Waals surface area contributed by atoms with Crippen molar-refractivity contribution >= 4 is 34.2 Å². The number of amides is 1. The summed E-state index contributed by atoms with van der Waals surface area (Å²) in [6.45, 7) is 0. The average molecular weight is 343 g/mol. The Hall–Kier alpha value is -1.57. The molecule has 86 valence electrons. The maximum absolute atomic E-state index is 12.7. The normalized spacial score (nSPS) is 10.0. The molecule has 0 aliphatic carbocycles. The first-order valence-electron chi connectivity index (χ1n) is 4.69. The second kappa shape index (κ2) is 5.17. The summed E-state index contributed by atoms with van der Waals surface area (Å²) in [5.41, 5.74) is 0.791. The van der Waals surface area contributed by atoms with Gasteiger partial charge in [-0.05, 0) is 46.9 Å². The standard InChI is InChI=1S/C11H7FIN3O/c12-7-1-3-8(4-2-7)16-11(17)9-5-10(13)15-6-14-9/h1-6H,(H,16,17). The quantitative estimate of drug-likeness (QED) is 0.673. The molecule has 17 heavy (non-hydrogen) atoms. The summed E-state index contributed by atoms with van der Waals surface area (Å²) in [7, 11) is 0. The minimum atomic E-state index is -0.350. The molecule has 6 heteroatoms. The number of nitrogens with zero attached hydrogens (tertiary/aromatic N) is 2. The fraction of sp³-hybridized carbons (Fsp3) is 0. The third-order valence-electron chi connectivity index (χ3n) is 1.97. The van der Waals surface area contributed by atoms with Crippen molar-refractivity contribution < 1.29 is 9.18 Å². The van der Waals surface area contributed by atoms with Gasteiger partial charge in [-0.25, -0.2) is 14.4 Å². The number of nitrogens with one attached hydrogen (secondary N) is 1. The lowest BCUT2D eigenvalue weighted by atomic mass is 10.3. The van der Waals surface area contributed by atoms with E-state index in [0.717, 1.165) is 0 Å². The third kappa shape index (κ3) is 3.19. The van der Waals surface area contributed by atoms with E-state index in [4.69, 9.17) is 0 Å². The maximum atomic E-state index is 12.7. The van der Waals surface area contributed by atoms with Gasteiger partial charge in [0.2, 0.25) is 0 Å². The second-order valence-electron chi connectivity index (χ2n) is 3.19. The number of hydrogen-bond donors (Lipinski definition) is 1. The second-order valence-corrected chi connectivity index (χ2v) is 4.29. The number of hydrogen-bond acceptors (Lipinski definition) is 3. The minimum Gasteiger partial charge on any atom is -0.321 e. The lowest BCUT2D eigenvalue weighted by Gasteiger charge is -2.04. The van der Waals surface area contributed by atoms with E-state index in [0.29, 0.717) is 9.39 Å². The summed E-state index contributed by atoms with van der Waals surface area (Å²) in [5, 5.41) is 2.61. The predicted octanol–water partition coefficient (Wildman–Crippen LogP) is 2.47. The van der Waals surface area contributed by atoms with Crippen LogP contribution in [0.15, 0.2) is 36.7 Å². The van der Waals surface area contributed by atoms with E-state index in [1.54, 1.807) is 6.07 Å². The molecule has 1 amide bonds. The summed E-state index contributed by atoms with van der Waals surface area (Å²) in [6.07, 6.45) is 1.32. The molecule has 1 aromatic carbocycles. The Labute approximate surface area is 110 Å². The molecule has 0 saturated heterocycles. The van der Waals surface area contributed by atoms with Gasteiger partial charge < -0.3 is 5.32 Å². The minimum absolute atomic E-state index is 0.272. The van der Waals surface area contributed by atoms with E-state index in [-0.39, 0.29) is 17.4 Å². The molecule has 0 aliphatic heterocycles. The van der Waals surface area contributed by atoms with E-state index in [9.17, 15) is 9.18 Å². The molecule has 2 aromatic rings. The number of halogens is 2. The Balaban J connectivity index is 2.14. The molecule has 0 saturated carbocycles. The van der Waals surface area contributed by atoms with Crippen LogP contribution in [0.2, 0.25) is 0 Å². The van der Waals surface area contributed by atoms with Crippen LogP contribution >= 0.6 is 22.6 Å². The molecule has 0 radical (unpaired) electrons. The fourth-order valence-electron chi connectivity index (χ4n) is 1.19. The van der Waals surface area contributed by atoms with Gasteiger partial charge in [0.05, 0.1) is 0 Å². The van der Waals surface area contributed by atoms with Crippen LogP contribution in [0.1, 0.15) is 10.5 Å². The Morgan fingerprint density at radius 3 is 2.59 bits per heavy atom. The van der Waals surface area contributed by atoms with Gasteiger partial charge in [0, 0.05) is 11.8 Å². The first kappa shape index (κ1) is 11.9. The highest BCUT2D eigenvalue weighted by Gasteiger charge is 2.08. The highest BCUT2D eigenvalue weighted by atomic mass is 127. The summed E-state index contributed by atoms with van der Waals surface area (Å²) < 4.78 is 13.3. The summed E-state index contributed by atoms with van der Waals surface area (Å²) >= 11 is 1.99. The van der Waals surface area contributed by atoms with Gasteiger partial charge in [0.1, 0.15) is 21.5 Å². The largest absolute Gasteiger partial charge is 0.321 e. The van der Waals surface area contributed by atoms with Crippen molar-refractivity contribution in [3.63, 3.8) is 0 Å². The van der Waals surface area contributed by atoms with Gasteiger partial charge in [-0.1, -0.05) is 0 Å². The molecule has 4 nitrogen and oxygen atoms in total. The molecular weight excluding hydrogens is 336 g/mol. The summed E-state index contributed by atoms with van der Waals surface area (Å²) in [4.78, 5) is 19.5. The number of carbonyl (C=O) groups excluding carboxylic acids is 1. The van der Waals surface area contributed by atoms with E-state index >= 15 is 0 Å². The average Bonchev–Trinajstić information content (AvgIpc) is 2.32. The SMILES string of the molecule is O=C(Nc1ccc(F)cc1)c1cc(I)ncn1. The van der Waals surface area contributed by atoms with Gasteiger partial charge in [0.25, 0.3) is 5.91 Å². The molecule has 1 heterocycles. The van der Waals surface area contributed by atoms with E-state index < -0.39 is 0 Å². The molecule has 0 spiro atoms. The lowest BCUT2D eigenvalue weighted by molar-refractivity contribution is 0.102. The monoisotopic (exact) mass is 343 g/mol. The highest BCUT2D eigenvalue weighted by Crippen LogP contribution is 2.10. The molecule has 0 fully saturated rings. The van der Waals surface area contributed by atoms with Crippen LogP contribution < -0.4 is 5.32 Å². The van der Waals surface area contributed by atoms with Crippen molar-refractivity contribution in [2.45, 2.75) is 0 Å². The molecule has 0 atom stereocenters. The van der Waals surface area contributed by atoms with Crippen molar-refractivity contribution in [1.82, 2.24) is 9.97 Å². The van der Waals surface area contributed by atoms with Crippen LogP contribution in [-0.2, 0) is 0 Å². The van der Waals surface area contributed by atoms with Gasteiger partial charge in [-0.15, -0.1) is 0 Å². The zero-order valence-corrected chi connectivity index (χ0v) is 10.7. The zero-order valence-electron chi connectivity index (χ0n) is 8.52. The number of rotatable bonds is 2. The number of aromatic nitrogens is 2. The van der Waals surface area contributed by atoms with Crippen molar-refractivity contribution in [1.29, 1.82) is 0 Å². The van der Waals surface area contributed by atoms with E-state index in [1.165, 1.54) is 30.6 Å². The first-order valence-corrected chi connectivity index (χ1v) is 5.77. The molecule has 0 aliphatic rings. The Bertz CT molecular complexity index is 545. The van der Waals surface area contributed by atoms with Crippen LogP contribution in [0.4, 0.5) is 10.1 Å². The van der Waals surface area contributed by atoms with Crippen molar-refractivity contribution in [2.24, 2.45) is 0 Å². The van der Waals surface area contributed by atoms with Gasteiger partial charge in [0.15, 0.2) is 0 Å². The number of anilines is 1. The van der Waals surface area contributed by atoms with Crippen molar-refractivity contribution in [3.8, 4) is 0 Å². The van der Waals surface area contributed by atoms with Gasteiger partial charge >= 0.3 is 0 Å². The topological polar surface area (TPSA) is 54.9 Å². The molecule has 2 rings (SSSR count). The van der Waals surface area contributed by atoms with Gasteiger partial charge in [-0.3, -0.25) is 4.79 Å². The zero-order chi connectivity index (χ0) is 12.3. The predicted molar refractivity (Wildman–Crippen MR) is 69.1 cm³/mol. The molecule has 0 unspecified atom stereocenters. The van der Waals surface area contributed by atoms with Crippen LogP contribution in [0.25, 0.3) is 0 Å². The third-order valence-corrected chi connectivity index (χ3v) is 2.56. The number of carbonyl (C=O) groups is 1. The van der Waals surface area contributed by atoms with Gasteiger partial charge in [-0.2, -0.15) is 0 Å². The molecule has 1 aromatic heterocycles. The first-order chi connectivity index (χ1) is 8.15. The molecular formula is C11H7FIN3O. The van der Waals surface area contributed by atoms with Crippen LogP contribution in [0.5, 0.6) is 0 Å². The summed E-state index contributed by atoms with van der Waals surface area (Å²) in [5.74, 6) is -0.698. The van der Waals surface area contributed by atoms with Crippen LogP contribution in [-0.4, -0.2) is 15.9 Å². The smallest absolute Gasteiger partial charge is 0.274 e. The highest BCUT2D eigenvalue weighted by molar-refractivity contribution is 14.1. The van der Waals surface area contributed by atoms with Crippen LogP contribution in [0.3, 0.4) is 0 Å². The number of benzene rings is 1. The molecule has 0 bridgehead atoms. The van der Waals surface area contributed by atoms with E-state index in [1.807, 2.05) is 22.6 Å². The summed E-state index contributed by atoms with van der Waals surface area (Å²) in [6, 6.07) is 7.09. The van der Waals surface area contributed by atoms with Crippen molar-refractivity contribution in [3.05, 3.63) is 51.9 Å². The molecule has 1 N–H and O–H groups in total. The fourth-order valence-corrected chi connectivity index (χ4v) is 1.61. The van der Waals surface area contributed by atoms with Crippen molar-refractivity contribution in [2.75, 3.05) is 5.32 Å². The van der Waals surface area contributed by atoms with Crippen LogP contribution in [0, 0.1) is 9.52 Å². The lowest BCUT2D eigenvalue weighted by Crippen LogP contribution is -2.14. The van der Waals surface area contributed by atoms with E-state index in [2.05, 4.69) is 15.3 Å². The maximum Gasteiger partial charge on any atom is 0.274 e. The Kier molecular flexibility index (Phi) is 3.62. The Morgan fingerprint density at radius 2 is 1.94 bits per heavy atom. The Morgan fingerprint density at radius 1 is 1.24 bits per heavy atom.